The quantitative estimate of drug-likeness (QED) is 0.839. The summed E-state index contributed by atoms with van der Waals surface area (Å²) < 4.78 is 3.08. The van der Waals surface area contributed by atoms with Crippen LogP contribution in [0.3, 0.4) is 0 Å². The molecule has 1 aromatic heterocycles. The van der Waals surface area contributed by atoms with E-state index in [0.29, 0.717) is 0 Å². The maximum atomic E-state index is 5.43. The van der Waals surface area contributed by atoms with Crippen molar-refractivity contribution >= 4 is 27.7 Å². The van der Waals surface area contributed by atoms with Gasteiger partial charge in [0.15, 0.2) is 0 Å². The van der Waals surface area contributed by atoms with Crippen LogP contribution in [0, 0.1) is 6.92 Å². The lowest BCUT2D eigenvalue weighted by Gasteiger charge is -2.02. The molecule has 1 rings (SSSR count). The standard InChI is InChI=1S/C9H16BrN3S/c1-7-9(10)8(13(2)12-7)6-14-5-3-4-11/h3-6,11H2,1-2H3. The van der Waals surface area contributed by atoms with Crippen LogP contribution >= 0.6 is 27.7 Å². The SMILES string of the molecule is Cc1nn(C)c(CSCCCN)c1Br. The second-order valence-corrected chi connectivity index (χ2v) is 5.06. The van der Waals surface area contributed by atoms with E-state index >= 15 is 0 Å². The molecule has 0 aromatic carbocycles. The van der Waals surface area contributed by atoms with Crippen LogP contribution < -0.4 is 5.73 Å². The van der Waals surface area contributed by atoms with Gasteiger partial charge in [-0.15, -0.1) is 0 Å². The maximum absolute atomic E-state index is 5.43. The summed E-state index contributed by atoms with van der Waals surface area (Å²) in [6.45, 7) is 2.79. The van der Waals surface area contributed by atoms with Gasteiger partial charge >= 0.3 is 0 Å². The molecule has 0 aliphatic carbocycles. The zero-order valence-corrected chi connectivity index (χ0v) is 11.0. The first-order valence-electron chi connectivity index (χ1n) is 4.62. The fraction of sp³-hybridized carbons (Fsp3) is 0.667. The van der Waals surface area contributed by atoms with E-state index < -0.39 is 0 Å². The summed E-state index contributed by atoms with van der Waals surface area (Å²) >= 11 is 5.45. The number of hydrogen-bond acceptors (Lipinski definition) is 3. The first kappa shape index (κ1) is 12.1. The molecule has 0 saturated heterocycles. The van der Waals surface area contributed by atoms with E-state index in [0.717, 1.165) is 34.6 Å². The number of nitrogens with two attached hydrogens (primary N) is 1. The Labute approximate surface area is 97.6 Å². The molecule has 0 saturated carbocycles. The van der Waals surface area contributed by atoms with Crippen LogP contribution in [0.1, 0.15) is 17.8 Å². The van der Waals surface area contributed by atoms with Crippen molar-refractivity contribution in [3.8, 4) is 0 Å². The van der Waals surface area contributed by atoms with Crippen LogP contribution in [0.15, 0.2) is 4.47 Å². The lowest BCUT2D eigenvalue weighted by atomic mass is 10.4. The molecular formula is C9H16BrN3S. The lowest BCUT2D eigenvalue weighted by Crippen LogP contribution is -2.01. The highest BCUT2D eigenvalue weighted by atomic mass is 79.9. The van der Waals surface area contributed by atoms with E-state index in [9.17, 15) is 0 Å². The average molecular weight is 278 g/mol. The van der Waals surface area contributed by atoms with Crippen molar-refractivity contribution in [3.05, 3.63) is 15.9 Å². The van der Waals surface area contributed by atoms with Crippen LogP contribution in [0.25, 0.3) is 0 Å². The third-order valence-electron chi connectivity index (χ3n) is 1.99. The summed E-state index contributed by atoms with van der Waals surface area (Å²) in [7, 11) is 1.98. The van der Waals surface area contributed by atoms with Crippen molar-refractivity contribution in [1.82, 2.24) is 9.78 Å². The zero-order valence-electron chi connectivity index (χ0n) is 8.59. The van der Waals surface area contributed by atoms with Crippen molar-refractivity contribution in [2.75, 3.05) is 12.3 Å². The molecule has 0 aliphatic heterocycles. The number of hydrogen-bond donors (Lipinski definition) is 1. The van der Waals surface area contributed by atoms with Crippen molar-refractivity contribution < 1.29 is 0 Å². The lowest BCUT2D eigenvalue weighted by molar-refractivity contribution is 0.727. The Bertz CT molecular complexity index is 298. The molecule has 0 amide bonds. The Kier molecular flexibility index (Phi) is 4.98. The molecule has 0 radical (unpaired) electrons. The van der Waals surface area contributed by atoms with Crippen LogP contribution in [-0.2, 0) is 12.8 Å². The predicted octanol–water partition coefficient (Wildman–Crippen LogP) is 2.07. The molecule has 3 nitrogen and oxygen atoms in total. The molecular weight excluding hydrogens is 262 g/mol. The number of halogens is 1. The van der Waals surface area contributed by atoms with E-state index in [1.54, 1.807) is 0 Å². The predicted molar refractivity (Wildman–Crippen MR) is 65.5 cm³/mol. The topological polar surface area (TPSA) is 43.8 Å². The average Bonchev–Trinajstić information content (AvgIpc) is 2.38. The third kappa shape index (κ3) is 3.00. The molecule has 80 valence electrons. The van der Waals surface area contributed by atoms with Gasteiger partial charge in [-0.25, -0.2) is 0 Å². The highest BCUT2D eigenvalue weighted by Gasteiger charge is 2.09. The Morgan fingerprint density at radius 2 is 2.29 bits per heavy atom. The zero-order chi connectivity index (χ0) is 10.6. The summed E-state index contributed by atoms with van der Waals surface area (Å²) in [5.41, 5.74) is 7.74. The molecule has 2 N–H and O–H groups in total. The van der Waals surface area contributed by atoms with Gasteiger partial charge in [0.1, 0.15) is 0 Å². The summed E-state index contributed by atoms with van der Waals surface area (Å²) in [6.07, 6.45) is 1.08. The highest BCUT2D eigenvalue weighted by Crippen LogP contribution is 2.24. The summed E-state index contributed by atoms with van der Waals surface area (Å²) in [5, 5.41) is 4.34. The maximum Gasteiger partial charge on any atom is 0.0738 e. The molecule has 0 aliphatic rings. The van der Waals surface area contributed by atoms with Gasteiger partial charge in [-0.05, 0) is 41.6 Å². The third-order valence-corrected chi connectivity index (χ3v) is 4.08. The second kappa shape index (κ2) is 5.78. The molecule has 0 bridgehead atoms. The number of aromatic nitrogens is 2. The van der Waals surface area contributed by atoms with Crippen molar-refractivity contribution in [1.29, 1.82) is 0 Å². The minimum atomic E-state index is 0.776. The van der Waals surface area contributed by atoms with Gasteiger partial charge in [0.25, 0.3) is 0 Å². The summed E-state index contributed by atoms with van der Waals surface area (Å²) in [6, 6.07) is 0. The minimum absolute atomic E-state index is 0.776. The van der Waals surface area contributed by atoms with Crippen molar-refractivity contribution in [2.24, 2.45) is 12.8 Å². The van der Waals surface area contributed by atoms with Gasteiger partial charge < -0.3 is 5.73 Å². The van der Waals surface area contributed by atoms with Gasteiger partial charge in [0, 0.05) is 12.8 Å². The van der Waals surface area contributed by atoms with Crippen LogP contribution in [0.2, 0.25) is 0 Å². The Hall–Kier alpha value is -0.0000000000000000555. The number of nitrogens with zero attached hydrogens (tertiary/aromatic N) is 2. The summed E-state index contributed by atoms with van der Waals surface area (Å²) in [4.78, 5) is 0. The van der Waals surface area contributed by atoms with E-state index in [2.05, 4.69) is 21.0 Å². The first-order chi connectivity index (χ1) is 6.66. The Morgan fingerprint density at radius 3 is 2.79 bits per heavy atom. The molecule has 0 spiro atoms. The minimum Gasteiger partial charge on any atom is -0.330 e. The first-order valence-corrected chi connectivity index (χ1v) is 6.57. The number of thioether (sulfide) groups is 1. The Balaban J connectivity index is 2.49. The summed E-state index contributed by atoms with van der Waals surface area (Å²) in [5.74, 6) is 2.12. The van der Waals surface area contributed by atoms with Crippen LogP contribution in [-0.4, -0.2) is 22.1 Å². The number of aryl methyl sites for hydroxylation is 2. The van der Waals surface area contributed by atoms with Crippen molar-refractivity contribution in [2.45, 2.75) is 19.1 Å². The van der Waals surface area contributed by atoms with E-state index in [-0.39, 0.29) is 0 Å². The largest absolute Gasteiger partial charge is 0.330 e. The molecule has 5 heteroatoms. The monoisotopic (exact) mass is 277 g/mol. The normalized spacial score (nSPS) is 10.9. The Morgan fingerprint density at radius 1 is 1.57 bits per heavy atom. The van der Waals surface area contributed by atoms with E-state index in [1.807, 2.05) is 30.4 Å². The van der Waals surface area contributed by atoms with E-state index in [1.165, 1.54) is 5.69 Å². The van der Waals surface area contributed by atoms with Gasteiger partial charge in [0.2, 0.25) is 0 Å². The van der Waals surface area contributed by atoms with Gasteiger partial charge in [-0.3, -0.25) is 4.68 Å². The fourth-order valence-corrected chi connectivity index (χ4v) is 2.89. The molecule has 0 atom stereocenters. The van der Waals surface area contributed by atoms with Crippen LogP contribution in [0.5, 0.6) is 0 Å². The van der Waals surface area contributed by atoms with E-state index in [4.69, 9.17) is 5.73 Å². The van der Waals surface area contributed by atoms with Gasteiger partial charge in [0.05, 0.1) is 15.9 Å². The molecule has 14 heavy (non-hydrogen) atoms. The molecule has 0 unspecified atom stereocenters. The van der Waals surface area contributed by atoms with Crippen LogP contribution in [0.4, 0.5) is 0 Å². The second-order valence-electron chi connectivity index (χ2n) is 3.16. The number of rotatable bonds is 5. The molecule has 1 heterocycles. The van der Waals surface area contributed by atoms with Crippen molar-refractivity contribution in [3.63, 3.8) is 0 Å². The smallest absolute Gasteiger partial charge is 0.0738 e. The molecule has 0 fully saturated rings. The van der Waals surface area contributed by atoms with Gasteiger partial charge in [-0.2, -0.15) is 16.9 Å². The molecule has 1 aromatic rings. The fourth-order valence-electron chi connectivity index (χ4n) is 1.19. The van der Waals surface area contributed by atoms with Gasteiger partial charge in [-0.1, -0.05) is 0 Å². The highest BCUT2D eigenvalue weighted by molar-refractivity contribution is 9.10.